The number of halogens is 1. The van der Waals surface area contributed by atoms with Gasteiger partial charge in [-0.05, 0) is 37.5 Å². The Morgan fingerprint density at radius 2 is 2.29 bits per heavy atom. The topological polar surface area (TPSA) is 37.3 Å². The van der Waals surface area contributed by atoms with E-state index in [-0.39, 0.29) is 16.6 Å². The van der Waals surface area contributed by atoms with E-state index in [4.69, 9.17) is 5.11 Å². The second kappa shape index (κ2) is 5.36. The Kier molecular flexibility index (Phi) is 3.84. The number of hydrogen-bond acceptors (Lipinski definition) is 2. The Morgan fingerprint density at radius 3 is 2.94 bits per heavy atom. The number of carboxylic acid groups (broad SMARTS) is 1. The minimum Gasteiger partial charge on any atom is -0.478 e. The first-order valence-electron chi connectivity index (χ1n) is 5.53. The number of carbonyl (C=O) groups is 1. The zero-order valence-corrected chi connectivity index (χ0v) is 10.0. The van der Waals surface area contributed by atoms with Crippen LogP contribution >= 0.6 is 11.8 Å². The molecular formula is C13H13FO2S. The number of carboxylic acids is 1. The average Bonchev–Trinajstić information content (AvgIpc) is 2.33. The maximum absolute atomic E-state index is 13.6. The van der Waals surface area contributed by atoms with Gasteiger partial charge in [0, 0.05) is 10.1 Å². The highest BCUT2D eigenvalue weighted by Crippen LogP contribution is 2.32. The molecule has 0 saturated carbocycles. The van der Waals surface area contributed by atoms with Crippen LogP contribution in [0.3, 0.4) is 0 Å². The third-order valence-electron chi connectivity index (χ3n) is 2.67. The predicted molar refractivity (Wildman–Crippen MR) is 66.0 cm³/mol. The molecule has 1 aromatic carbocycles. The molecule has 1 atom stereocenters. The number of thioether (sulfide) groups is 1. The van der Waals surface area contributed by atoms with Crippen LogP contribution in [0.1, 0.15) is 29.6 Å². The second-order valence-electron chi connectivity index (χ2n) is 3.97. The van der Waals surface area contributed by atoms with Crippen molar-refractivity contribution in [3.63, 3.8) is 0 Å². The Hall–Kier alpha value is -1.29. The molecule has 1 unspecified atom stereocenters. The SMILES string of the molecule is O=C(O)c1ccc(F)c(SC2C=CCCC2)c1. The Labute approximate surface area is 104 Å². The van der Waals surface area contributed by atoms with Gasteiger partial charge in [0.1, 0.15) is 5.82 Å². The molecule has 0 heterocycles. The van der Waals surface area contributed by atoms with E-state index in [0.29, 0.717) is 4.90 Å². The van der Waals surface area contributed by atoms with E-state index >= 15 is 0 Å². The molecule has 1 aliphatic carbocycles. The molecule has 90 valence electrons. The van der Waals surface area contributed by atoms with Gasteiger partial charge in [-0.15, -0.1) is 11.8 Å². The van der Waals surface area contributed by atoms with Crippen LogP contribution in [-0.2, 0) is 0 Å². The molecule has 0 aliphatic heterocycles. The van der Waals surface area contributed by atoms with Crippen LogP contribution in [0.2, 0.25) is 0 Å². The summed E-state index contributed by atoms with van der Waals surface area (Å²) in [6, 6.07) is 3.92. The molecule has 1 aromatic rings. The van der Waals surface area contributed by atoms with E-state index < -0.39 is 5.97 Å². The van der Waals surface area contributed by atoms with Crippen molar-refractivity contribution in [2.75, 3.05) is 0 Å². The molecule has 2 rings (SSSR count). The quantitative estimate of drug-likeness (QED) is 0.833. The van der Waals surface area contributed by atoms with E-state index in [1.807, 2.05) is 0 Å². The lowest BCUT2D eigenvalue weighted by molar-refractivity contribution is 0.0696. The van der Waals surface area contributed by atoms with Crippen molar-refractivity contribution >= 4 is 17.7 Å². The molecule has 1 N–H and O–H groups in total. The summed E-state index contributed by atoms with van der Waals surface area (Å²) in [6.07, 6.45) is 7.36. The number of hydrogen-bond donors (Lipinski definition) is 1. The van der Waals surface area contributed by atoms with Gasteiger partial charge in [0.25, 0.3) is 0 Å². The highest BCUT2D eigenvalue weighted by molar-refractivity contribution is 8.00. The molecular weight excluding hydrogens is 239 g/mol. The fourth-order valence-electron chi connectivity index (χ4n) is 1.77. The first kappa shape index (κ1) is 12.2. The standard InChI is InChI=1S/C13H13FO2S/c14-11-7-6-9(13(15)16)8-12(11)17-10-4-2-1-3-5-10/h2,4,6-8,10H,1,3,5H2,(H,15,16). The van der Waals surface area contributed by atoms with Crippen molar-refractivity contribution in [2.24, 2.45) is 0 Å². The molecule has 0 aromatic heterocycles. The Bertz CT molecular complexity index is 457. The van der Waals surface area contributed by atoms with Gasteiger partial charge in [-0.3, -0.25) is 0 Å². The fraction of sp³-hybridized carbons (Fsp3) is 0.308. The second-order valence-corrected chi connectivity index (χ2v) is 5.25. The number of allylic oxidation sites excluding steroid dienone is 1. The fourth-order valence-corrected chi connectivity index (χ4v) is 2.95. The van der Waals surface area contributed by atoms with Gasteiger partial charge < -0.3 is 5.11 Å². The van der Waals surface area contributed by atoms with E-state index in [9.17, 15) is 9.18 Å². The summed E-state index contributed by atoms with van der Waals surface area (Å²) >= 11 is 1.40. The van der Waals surface area contributed by atoms with Crippen LogP contribution in [0.4, 0.5) is 4.39 Å². The summed E-state index contributed by atoms with van der Waals surface area (Å²) in [5.74, 6) is -1.37. The van der Waals surface area contributed by atoms with Crippen LogP contribution in [0.25, 0.3) is 0 Å². The summed E-state index contributed by atoms with van der Waals surface area (Å²) < 4.78 is 13.6. The third kappa shape index (κ3) is 3.09. The third-order valence-corrected chi connectivity index (χ3v) is 3.93. The van der Waals surface area contributed by atoms with E-state index in [1.165, 1.54) is 30.0 Å². The molecule has 0 saturated heterocycles. The van der Waals surface area contributed by atoms with Crippen molar-refractivity contribution in [3.8, 4) is 0 Å². The zero-order valence-electron chi connectivity index (χ0n) is 9.23. The number of benzene rings is 1. The summed E-state index contributed by atoms with van der Waals surface area (Å²) in [4.78, 5) is 11.2. The lowest BCUT2D eigenvalue weighted by Gasteiger charge is -2.16. The largest absolute Gasteiger partial charge is 0.478 e. The summed E-state index contributed by atoms with van der Waals surface area (Å²) in [6.45, 7) is 0. The molecule has 1 aliphatic rings. The highest BCUT2D eigenvalue weighted by Gasteiger charge is 2.14. The van der Waals surface area contributed by atoms with Gasteiger partial charge in [0.05, 0.1) is 5.56 Å². The highest BCUT2D eigenvalue weighted by atomic mass is 32.2. The monoisotopic (exact) mass is 252 g/mol. The summed E-state index contributed by atoms with van der Waals surface area (Å²) in [5, 5.41) is 9.11. The zero-order chi connectivity index (χ0) is 12.3. The minimum absolute atomic E-state index is 0.133. The van der Waals surface area contributed by atoms with Crippen LogP contribution in [-0.4, -0.2) is 16.3 Å². The van der Waals surface area contributed by atoms with Crippen molar-refractivity contribution in [1.82, 2.24) is 0 Å². The van der Waals surface area contributed by atoms with Crippen molar-refractivity contribution < 1.29 is 14.3 Å². The Morgan fingerprint density at radius 1 is 1.47 bits per heavy atom. The maximum Gasteiger partial charge on any atom is 0.335 e. The van der Waals surface area contributed by atoms with Crippen LogP contribution in [0.5, 0.6) is 0 Å². The van der Waals surface area contributed by atoms with Crippen molar-refractivity contribution in [1.29, 1.82) is 0 Å². The minimum atomic E-state index is -1.02. The molecule has 0 spiro atoms. The Balaban J connectivity index is 2.19. The first-order valence-corrected chi connectivity index (χ1v) is 6.41. The lowest BCUT2D eigenvalue weighted by Crippen LogP contribution is -2.04. The number of aromatic carboxylic acids is 1. The van der Waals surface area contributed by atoms with E-state index in [0.717, 1.165) is 19.3 Å². The molecule has 0 radical (unpaired) electrons. The van der Waals surface area contributed by atoms with Crippen molar-refractivity contribution in [2.45, 2.75) is 29.4 Å². The van der Waals surface area contributed by atoms with Gasteiger partial charge in [-0.1, -0.05) is 12.2 Å². The smallest absolute Gasteiger partial charge is 0.335 e. The maximum atomic E-state index is 13.6. The molecule has 0 amide bonds. The van der Waals surface area contributed by atoms with Gasteiger partial charge >= 0.3 is 5.97 Å². The van der Waals surface area contributed by atoms with Gasteiger partial charge in [-0.2, -0.15) is 0 Å². The molecule has 0 fully saturated rings. The normalized spacial score (nSPS) is 19.2. The lowest BCUT2D eigenvalue weighted by atomic mass is 10.1. The van der Waals surface area contributed by atoms with E-state index in [2.05, 4.69) is 12.2 Å². The van der Waals surface area contributed by atoms with Gasteiger partial charge in [0.15, 0.2) is 0 Å². The first-order chi connectivity index (χ1) is 8.16. The summed E-state index contributed by atoms with van der Waals surface area (Å²) in [7, 11) is 0. The van der Waals surface area contributed by atoms with E-state index in [1.54, 1.807) is 0 Å². The van der Waals surface area contributed by atoms with Crippen LogP contribution in [0, 0.1) is 5.82 Å². The van der Waals surface area contributed by atoms with Gasteiger partial charge in [-0.25, -0.2) is 9.18 Å². The molecule has 0 bridgehead atoms. The molecule has 2 nitrogen and oxygen atoms in total. The predicted octanol–water partition coefficient (Wildman–Crippen LogP) is 3.72. The number of rotatable bonds is 3. The van der Waals surface area contributed by atoms with Gasteiger partial charge in [0.2, 0.25) is 0 Å². The van der Waals surface area contributed by atoms with Crippen LogP contribution < -0.4 is 0 Å². The summed E-state index contributed by atoms with van der Waals surface area (Å²) in [5.41, 5.74) is 0.133. The molecule has 17 heavy (non-hydrogen) atoms. The van der Waals surface area contributed by atoms with Crippen molar-refractivity contribution in [3.05, 3.63) is 41.7 Å². The molecule has 4 heteroatoms. The van der Waals surface area contributed by atoms with Crippen LogP contribution in [0.15, 0.2) is 35.2 Å². The average molecular weight is 252 g/mol.